The molecule has 0 spiro atoms. The Morgan fingerprint density at radius 3 is 2.94 bits per heavy atom. The van der Waals surface area contributed by atoms with E-state index in [1.54, 1.807) is 6.92 Å². The van der Waals surface area contributed by atoms with Gasteiger partial charge in [-0.3, -0.25) is 4.79 Å². The summed E-state index contributed by atoms with van der Waals surface area (Å²) in [7, 11) is 0. The van der Waals surface area contributed by atoms with Gasteiger partial charge in [-0.25, -0.2) is 0 Å². The van der Waals surface area contributed by atoms with E-state index in [0.29, 0.717) is 0 Å². The molecule has 1 fully saturated rings. The van der Waals surface area contributed by atoms with Gasteiger partial charge in [-0.1, -0.05) is 6.07 Å². The molecule has 84 valence electrons. The summed E-state index contributed by atoms with van der Waals surface area (Å²) in [6, 6.07) is 5.77. The fourth-order valence-corrected chi connectivity index (χ4v) is 1.93. The molecule has 0 saturated heterocycles. The molecular weight excluding hydrogens is 204 g/mol. The molecule has 1 amide bonds. The predicted molar refractivity (Wildman–Crippen MR) is 60.3 cm³/mol. The SMILES string of the molecule is CC1Oc2cc(C3(N)CC3)ccc2NC1=O. The van der Waals surface area contributed by atoms with Gasteiger partial charge in [0.15, 0.2) is 6.10 Å². The number of fused-ring (bicyclic) bond motifs is 1. The molecule has 1 aromatic carbocycles. The number of amides is 1. The van der Waals surface area contributed by atoms with E-state index in [1.807, 2.05) is 18.2 Å². The fraction of sp³-hybridized carbons (Fsp3) is 0.417. The first-order valence-corrected chi connectivity index (χ1v) is 5.49. The number of carbonyl (C=O) groups is 1. The number of benzene rings is 1. The molecule has 1 saturated carbocycles. The van der Waals surface area contributed by atoms with Crippen LogP contribution < -0.4 is 15.8 Å². The minimum atomic E-state index is -0.435. The largest absolute Gasteiger partial charge is 0.479 e. The van der Waals surface area contributed by atoms with Crippen molar-refractivity contribution in [2.24, 2.45) is 5.73 Å². The zero-order valence-electron chi connectivity index (χ0n) is 9.12. The highest BCUT2D eigenvalue weighted by molar-refractivity contribution is 5.97. The van der Waals surface area contributed by atoms with E-state index in [9.17, 15) is 4.79 Å². The number of ether oxygens (including phenoxy) is 1. The van der Waals surface area contributed by atoms with Gasteiger partial charge in [0.2, 0.25) is 0 Å². The number of anilines is 1. The van der Waals surface area contributed by atoms with Crippen LogP contribution in [0.4, 0.5) is 5.69 Å². The molecule has 0 aromatic heterocycles. The molecule has 1 atom stereocenters. The van der Waals surface area contributed by atoms with Gasteiger partial charge in [-0.2, -0.15) is 0 Å². The van der Waals surface area contributed by atoms with E-state index in [-0.39, 0.29) is 11.4 Å². The summed E-state index contributed by atoms with van der Waals surface area (Å²) in [5.74, 6) is 0.621. The Morgan fingerprint density at radius 2 is 2.25 bits per heavy atom. The average molecular weight is 218 g/mol. The Morgan fingerprint density at radius 1 is 1.50 bits per heavy atom. The van der Waals surface area contributed by atoms with Crippen molar-refractivity contribution in [1.82, 2.24) is 0 Å². The lowest BCUT2D eigenvalue weighted by Crippen LogP contribution is -2.34. The number of nitrogens with two attached hydrogens (primary N) is 1. The number of rotatable bonds is 1. The zero-order chi connectivity index (χ0) is 11.3. The Kier molecular flexibility index (Phi) is 1.80. The van der Waals surface area contributed by atoms with Crippen LogP contribution in [0.2, 0.25) is 0 Å². The van der Waals surface area contributed by atoms with Gasteiger partial charge in [-0.15, -0.1) is 0 Å². The second-order valence-electron chi connectivity index (χ2n) is 4.62. The molecule has 3 N–H and O–H groups in total. The van der Waals surface area contributed by atoms with Gasteiger partial charge in [0.1, 0.15) is 5.75 Å². The van der Waals surface area contributed by atoms with Gasteiger partial charge in [0, 0.05) is 5.54 Å². The van der Waals surface area contributed by atoms with Crippen LogP contribution in [0, 0.1) is 0 Å². The molecule has 3 rings (SSSR count). The number of carbonyl (C=O) groups excluding carboxylic acids is 1. The van der Waals surface area contributed by atoms with Crippen LogP contribution in [0.5, 0.6) is 5.75 Å². The monoisotopic (exact) mass is 218 g/mol. The number of hydrogen-bond donors (Lipinski definition) is 2. The summed E-state index contributed by atoms with van der Waals surface area (Å²) < 4.78 is 5.54. The predicted octanol–water partition coefficient (Wildman–Crippen LogP) is 1.35. The number of nitrogens with one attached hydrogen (secondary N) is 1. The maximum atomic E-state index is 11.4. The molecular formula is C12H14N2O2. The summed E-state index contributed by atoms with van der Waals surface area (Å²) >= 11 is 0. The summed E-state index contributed by atoms with van der Waals surface area (Å²) in [6.45, 7) is 1.74. The summed E-state index contributed by atoms with van der Waals surface area (Å²) in [4.78, 5) is 11.4. The van der Waals surface area contributed by atoms with Crippen molar-refractivity contribution >= 4 is 11.6 Å². The van der Waals surface area contributed by atoms with Crippen molar-refractivity contribution in [3.63, 3.8) is 0 Å². The molecule has 1 aliphatic heterocycles. The van der Waals surface area contributed by atoms with E-state index in [1.165, 1.54) is 0 Å². The third kappa shape index (κ3) is 1.38. The minimum absolute atomic E-state index is 0.103. The second kappa shape index (κ2) is 2.98. The first-order chi connectivity index (χ1) is 7.58. The first kappa shape index (κ1) is 9.66. The molecule has 2 aliphatic rings. The van der Waals surface area contributed by atoms with Crippen LogP contribution in [-0.4, -0.2) is 12.0 Å². The second-order valence-corrected chi connectivity index (χ2v) is 4.62. The van der Waals surface area contributed by atoms with Gasteiger partial charge in [0.25, 0.3) is 5.91 Å². The van der Waals surface area contributed by atoms with Crippen molar-refractivity contribution in [2.45, 2.75) is 31.4 Å². The Labute approximate surface area is 93.8 Å². The Bertz CT molecular complexity index is 466. The van der Waals surface area contributed by atoms with Crippen molar-refractivity contribution in [1.29, 1.82) is 0 Å². The molecule has 1 aromatic rings. The highest BCUT2D eigenvalue weighted by Crippen LogP contribution is 2.45. The van der Waals surface area contributed by atoms with Gasteiger partial charge < -0.3 is 15.8 Å². The molecule has 4 nitrogen and oxygen atoms in total. The first-order valence-electron chi connectivity index (χ1n) is 5.49. The lowest BCUT2D eigenvalue weighted by atomic mass is 10.0. The molecule has 1 aliphatic carbocycles. The maximum absolute atomic E-state index is 11.4. The van der Waals surface area contributed by atoms with Crippen molar-refractivity contribution in [2.75, 3.05) is 5.32 Å². The summed E-state index contributed by atoms with van der Waals surface area (Å²) in [5, 5.41) is 2.80. The fourth-order valence-electron chi connectivity index (χ4n) is 1.93. The standard InChI is InChI=1S/C12H14N2O2/c1-7-11(15)14-9-3-2-8(6-10(9)16-7)12(13)4-5-12/h2-3,6-7H,4-5,13H2,1H3,(H,14,15). The third-order valence-electron chi connectivity index (χ3n) is 3.28. The van der Waals surface area contributed by atoms with Gasteiger partial charge in [0.05, 0.1) is 5.69 Å². The lowest BCUT2D eigenvalue weighted by Gasteiger charge is -2.24. The smallest absolute Gasteiger partial charge is 0.265 e. The zero-order valence-corrected chi connectivity index (χ0v) is 9.12. The van der Waals surface area contributed by atoms with Crippen LogP contribution in [0.15, 0.2) is 18.2 Å². The average Bonchev–Trinajstić information content (AvgIpc) is 2.99. The van der Waals surface area contributed by atoms with Gasteiger partial charge in [-0.05, 0) is 37.5 Å². The molecule has 16 heavy (non-hydrogen) atoms. The summed E-state index contributed by atoms with van der Waals surface area (Å²) in [6.07, 6.45) is 1.61. The third-order valence-corrected chi connectivity index (χ3v) is 3.28. The summed E-state index contributed by atoms with van der Waals surface area (Å²) in [5.41, 5.74) is 7.78. The normalized spacial score (nSPS) is 25.4. The van der Waals surface area contributed by atoms with Crippen molar-refractivity contribution < 1.29 is 9.53 Å². The minimum Gasteiger partial charge on any atom is -0.479 e. The highest BCUT2D eigenvalue weighted by Gasteiger charge is 2.40. The van der Waals surface area contributed by atoms with E-state index in [2.05, 4.69) is 5.32 Å². The molecule has 1 unspecified atom stereocenters. The van der Waals surface area contributed by atoms with Crippen molar-refractivity contribution in [3.05, 3.63) is 23.8 Å². The highest BCUT2D eigenvalue weighted by atomic mass is 16.5. The van der Waals surface area contributed by atoms with Crippen LogP contribution in [0.3, 0.4) is 0 Å². The van der Waals surface area contributed by atoms with Crippen LogP contribution >= 0.6 is 0 Å². The maximum Gasteiger partial charge on any atom is 0.265 e. The van der Waals surface area contributed by atoms with E-state index in [0.717, 1.165) is 29.8 Å². The lowest BCUT2D eigenvalue weighted by molar-refractivity contribution is -0.122. The van der Waals surface area contributed by atoms with E-state index in [4.69, 9.17) is 10.5 Å². The molecule has 1 heterocycles. The molecule has 4 heteroatoms. The van der Waals surface area contributed by atoms with E-state index < -0.39 is 6.10 Å². The van der Waals surface area contributed by atoms with Crippen LogP contribution in [0.25, 0.3) is 0 Å². The Hall–Kier alpha value is -1.55. The van der Waals surface area contributed by atoms with Crippen LogP contribution in [0.1, 0.15) is 25.3 Å². The molecule has 0 radical (unpaired) electrons. The quantitative estimate of drug-likeness (QED) is 0.748. The van der Waals surface area contributed by atoms with Crippen molar-refractivity contribution in [3.8, 4) is 5.75 Å². The topological polar surface area (TPSA) is 64.3 Å². The van der Waals surface area contributed by atoms with Gasteiger partial charge >= 0.3 is 0 Å². The van der Waals surface area contributed by atoms with E-state index >= 15 is 0 Å². The Balaban J connectivity index is 1.99. The van der Waals surface area contributed by atoms with Crippen LogP contribution in [-0.2, 0) is 10.3 Å². The number of hydrogen-bond acceptors (Lipinski definition) is 3. The molecule has 0 bridgehead atoms.